The number of carbonyl (C=O) groups is 2. The molecule has 0 atom stereocenters. The molecule has 0 aliphatic heterocycles. The number of fused-ring (bicyclic) bond motifs is 1. The average molecular weight is 391 g/mol. The normalized spacial score (nSPS) is 11.3. The highest BCUT2D eigenvalue weighted by Gasteiger charge is 2.14. The summed E-state index contributed by atoms with van der Waals surface area (Å²) in [5.74, 6) is -1.93. The summed E-state index contributed by atoms with van der Waals surface area (Å²) in [6, 6.07) is 13.1. The summed E-state index contributed by atoms with van der Waals surface area (Å²) >= 11 is 0. The van der Waals surface area contributed by atoms with Crippen molar-refractivity contribution in [3.63, 3.8) is 0 Å². The van der Waals surface area contributed by atoms with Crippen molar-refractivity contribution < 1.29 is 19.1 Å². The number of nitrogens with zero attached hydrogens (tertiary/aromatic N) is 2. The van der Waals surface area contributed by atoms with E-state index in [1.54, 1.807) is 22.9 Å². The number of aromatic nitrogens is 1. The Labute approximate surface area is 166 Å². The fourth-order valence-corrected chi connectivity index (χ4v) is 3.01. The van der Waals surface area contributed by atoms with Crippen molar-refractivity contribution >= 4 is 28.9 Å². The van der Waals surface area contributed by atoms with Gasteiger partial charge < -0.3 is 15.0 Å². The van der Waals surface area contributed by atoms with Crippen LogP contribution in [0.25, 0.3) is 17.0 Å². The van der Waals surface area contributed by atoms with Crippen LogP contribution >= 0.6 is 0 Å². The van der Waals surface area contributed by atoms with Gasteiger partial charge in [0.15, 0.2) is 0 Å². The van der Waals surface area contributed by atoms with Crippen LogP contribution in [-0.2, 0) is 22.7 Å². The van der Waals surface area contributed by atoms with E-state index in [0.29, 0.717) is 16.6 Å². The van der Waals surface area contributed by atoms with E-state index in [4.69, 9.17) is 5.11 Å². The van der Waals surface area contributed by atoms with Crippen LogP contribution in [-0.4, -0.2) is 21.6 Å². The number of rotatable bonds is 6. The Morgan fingerprint density at radius 2 is 1.97 bits per heavy atom. The van der Waals surface area contributed by atoms with Gasteiger partial charge >= 0.3 is 5.97 Å². The number of carbonyl (C=O) groups excluding carboxylic acids is 1. The van der Waals surface area contributed by atoms with Crippen LogP contribution in [0.5, 0.6) is 0 Å². The van der Waals surface area contributed by atoms with Crippen LogP contribution in [0.1, 0.15) is 16.7 Å². The molecule has 0 fully saturated rings. The highest BCUT2D eigenvalue weighted by molar-refractivity contribution is 6.04. The Bertz CT molecular complexity index is 1150. The highest BCUT2D eigenvalue weighted by atomic mass is 19.1. The number of halogens is 1. The lowest BCUT2D eigenvalue weighted by Crippen LogP contribution is -2.23. The molecule has 6 nitrogen and oxygen atoms in total. The molecule has 0 spiro atoms. The summed E-state index contributed by atoms with van der Waals surface area (Å²) in [6.07, 6.45) is 3.05. The van der Waals surface area contributed by atoms with Crippen LogP contribution < -0.4 is 5.32 Å². The van der Waals surface area contributed by atoms with Gasteiger partial charge in [-0.25, -0.2) is 4.39 Å². The van der Waals surface area contributed by atoms with Gasteiger partial charge in [0.1, 0.15) is 24.0 Å². The molecular weight excluding hydrogens is 373 g/mol. The zero-order valence-electron chi connectivity index (χ0n) is 15.6. The maximum absolute atomic E-state index is 13.0. The second-order valence-corrected chi connectivity index (χ2v) is 6.61. The highest BCUT2D eigenvalue weighted by Crippen LogP contribution is 2.25. The summed E-state index contributed by atoms with van der Waals surface area (Å²) in [6.45, 7) is 1.82. The number of nitrogens with one attached hydrogen (secondary N) is 1. The smallest absolute Gasteiger partial charge is 0.323 e. The Balaban J connectivity index is 1.89. The maximum Gasteiger partial charge on any atom is 0.323 e. The van der Waals surface area contributed by atoms with Gasteiger partial charge in [0, 0.05) is 29.2 Å². The molecule has 1 amide bonds. The minimum atomic E-state index is -0.989. The standard InChI is InChI=1S/C22H18FN3O3/c1-14-2-7-19-17(12-26(13-21(27)28)20(19)8-14)9-16(10-24)22(29)25-11-15-3-5-18(23)6-4-15/h2-9,12H,11,13H2,1H3,(H,25,29)(H,27,28)/b16-9+. The van der Waals surface area contributed by atoms with Crippen molar-refractivity contribution in [2.24, 2.45) is 0 Å². The molecule has 1 aromatic heterocycles. The van der Waals surface area contributed by atoms with Crippen molar-refractivity contribution in [1.82, 2.24) is 9.88 Å². The Morgan fingerprint density at radius 3 is 2.62 bits per heavy atom. The van der Waals surface area contributed by atoms with E-state index in [0.717, 1.165) is 10.9 Å². The first-order chi connectivity index (χ1) is 13.9. The molecule has 3 aromatic rings. The van der Waals surface area contributed by atoms with Crippen LogP contribution in [0.2, 0.25) is 0 Å². The largest absolute Gasteiger partial charge is 0.480 e. The topological polar surface area (TPSA) is 95.1 Å². The number of hydrogen-bond acceptors (Lipinski definition) is 3. The molecule has 0 radical (unpaired) electrons. The Morgan fingerprint density at radius 1 is 1.24 bits per heavy atom. The van der Waals surface area contributed by atoms with Crippen LogP contribution in [0, 0.1) is 24.1 Å². The maximum atomic E-state index is 13.0. The fraction of sp³-hybridized carbons (Fsp3) is 0.136. The van der Waals surface area contributed by atoms with Gasteiger partial charge in [0.05, 0.1) is 0 Å². The van der Waals surface area contributed by atoms with Crippen molar-refractivity contribution in [2.75, 3.05) is 0 Å². The summed E-state index contributed by atoms with van der Waals surface area (Å²) in [5, 5.41) is 21.9. The van der Waals surface area contributed by atoms with Crippen LogP contribution in [0.4, 0.5) is 4.39 Å². The number of aliphatic carboxylic acids is 1. The second kappa shape index (κ2) is 8.40. The summed E-state index contributed by atoms with van der Waals surface area (Å²) in [5.41, 5.74) is 2.85. The molecule has 0 bridgehead atoms. The molecule has 146 valence electrons. The van der Waals surface area contributed by atoms with E-state index >= 15 is 0 Å². The summed E-state index contributed by atoms with van der Waals surface area (Å²) < 4.78 is 14.5. The van der Waals surface area contributed by atoms with Crippen molar-refractivity contribution in [3.05, 3.63) is 76.7 Å². The third-order valence-corrected chi connectivity index (χ3v) is 4.41. The molecule has 2 N–H and O–H groups in total. The molecule has 0 aliphatic carbocycles. The molecule has 3 rings (SSSR count). The Kier molecular flexibility index (Phi) is 5.74. The van der Waals surface area contributed by atoms with E-state index in [-0.39, 0.29) is 24.5 Å². The molecule has 0 saturated carbocycles. The average Bonchev–Trinajstić information content (AvgIpc) is 3.01. The zero-order chi connectivity index (χ0) is 21.0. The lowest BCUT2D eigenvalue weighted by molar-refractivity contribution is -0.137. The number of carboxylic acids is 1. The molecule has 2 aromatic carbocycles. The third kappa shape index (κ3) is 4.68. The lowest BCUT2D eigenvalue weighted by atomic mass is 10.1. The predicted octanol–water partition coefficient (Wildman–Crippen LogP) is 3.40. The molecule has 0 aliphatic rings. The number of nitriles is 1. The summed E-state index contributed by atoms with van der Waals surface area (Å²) in [7, 11) is 0. The van der Waals surface area contributed by atoms with Crippen LogP contribution in [0.3, 0.4) is 0 Å². The van der Waals surface area contributed by atoms with Gasteiger partial charge in [-0.15, -0.1) is 0 Å². The van der Waals surface area contributed by atoms with Crippen LogP contribution in [0.15, 0.2) is 54.2 Å². The lowest BCUT2D eigenvalue weighted by Gasteiger charge is -2.04. The number of carboxylic acid groups (broad SMARTS) is 1. The summed E-state index contributed by atoms with van der Waals surface area (Å²) in [4.78, 5) is 23.6. The quantitative estimate of drug-likeness (QED) is 0.497. The van der Waals surface area contributed by atoms with E-state index < -0.39 is 11.9 Å². The zero-order valence-corrected chi connectivity index (χ0v) is 15.6. The number of amides is 1. The number of aryl methyl sites for hydroxylation is 1. The van der Waals surface area contributed by atoms with Gasteiger partial charge in [-0.2, -0.15) is 5.26 Å². The second-order valence-electron chi connectivity index (χ2n) is 6.61. The third-order valence-electron chi connectivity index (χ3n) is 4.41. The first kappa shape index (κ1) is 19.8. The van der Waals surface area contributed by atoms with Crippen molar-refractivity contribution in [2.45, 2.75) is 20.0 Å². The molecule has 0 unspecified atom stereocenters. The molecule has 29 heavy (non-hydrogen) atoms. The first-order valence-electron chi connectivity index (χ1n) is 8.83. The van der Waals surface area contributed by atoms with Gasteiger partial charge in [-0.1, -0.05) is 24.3 Å². The van der Waals surface area contributed by atoms with Gasteiger partial charge in [-0.3, -0.25) is 9.59 Å². The van der Waals surface area contributed by atoms with E-state index in [9.17, 15) is 19.2 Å². The van der Waals surface area contributed by atoms with Gasteiger partial charge in [0.2, 0.25) is 0 Å². The minimum Gasteiger partial charge on any atom is -0.480 e. The monoisotopic (exact) mass is 391 g/mol. The van der Waals surface area contributed by atoms with Crippen molar-refractivity contribution in [3.8, 4) is 6.07 Å². The van der Waals surface area contributed by atoms with Gasteiger partial charge in [0.25, 0.3) is 5.91 Å². The van der Waals surface area contributed by atoms with Crippen molar-refractivity contribution in [1.29, 1.82) is 5.26 Å². The van der Waals surface area contributed by atoms with Gasteiger partial charge in [-0.05, 0) is 42.3 Å². The molecule has 0 saturated heterocycles. The Hall–Kier alpha value is -3.92. The SMILES string of the molecule is Cc1ccc2c(/C=C(\C#N)C(=O)NCc3ccc(F)cc3)cn(CC(=O)O)c2c1. The molecule has 1 heterocycles. The fourth-order valence-electron chi connectivity index (χ4n) is 3.01. The number of hydrogen-bond donors (Lipinski definition) is 2. The van der Waals surface area contributed by atoms with E-state index in [1.807, 2.05) is 31.2 Å². The number of benzene rings is 2. The first-order valence-corrected chi connectivity index (χ1v) is 8.83. The van der Waals surface area contributed by atoms with E-state index in [1.165, 1.54) is 18.2 Å². The predicted molar refractivity (Wildman–Crippen MR) is 106 cm³/mol. The minimum absolute atomic E-state index is 0.109. The molecule has 7 heteroatoms. The molecular formula is C22H18FN3O3. The van der Waals surface area contributed by atoms with E-state index in [2.05, 4.69) is 5.32 Å².